The van der Waals surface area contributed by atoms with Crippen LogP contribution in [-0.4, -0.2) is 21.6 Å². The number of carbonyl (C=O) groups is 2. The molecule has 6 nitrogen and oxygen atoms in total. The lowest BCUT2D eigenvalue weighted by Gasteiger charge is -2.06. The van der Waals surface area contributed by atoms with Crippen LogP contribution in [0.15, 0.2) is 91.1 Å². The number of anilines is 2. The molecule has 0 bridgehead atoms. The van der Waals surface area contributed by atoms with Crippen LogP contribution in [0.1, 0.15) is 26.4 Å². The van der Waals surface area contributed by atoms with Crippen molar-refractivity contribution >= 4 is 23.2 Å². The summed E-state index contributed by atoms with van der Waals surface area (Å²) in [5.74, 6) is -0.858. The third kappa shape index (κ3) is 4.28. The Kier molecular flexibility index (Phi) is 5.39. The third-order valence-electron chi connectivity index (χ3n) is 4.54. The van der Waals surface area contributed by atoms with Crippen molar-refractivity contribution < 1.29 is 9.59 Å². The average Bonchev–Trinajstić information content (AvgIpc) is 3.21. The average molecular weight is 396 g/mol. The Morgan fingerprint density at radius 1 is 0.733 bits per heavy atom. The smallest absolute Gasteiger partial charge is 0.277 e. The summed E-state index contributed by atoms with van der Waals surface area (Å²) in [5.41, 5.74) is 3.37. The summed E-state index contributed by atoms with van der Waals surface area (Å²) in [6.07, 6.45) is 1.57. The van der Waals surface area contributed by atoms with E-state index in [1.165, 1.54) is 0 Å². The first-order valence-electron chi connectivity index (χ1n) is 9.50. The largest absolute Gasteiger partial charge is 0.322 e. The van der Waals surface area contributed by atoms with E-state index in [1.807, 2.05) is 67.6 Å². The molecule has 0 spiro atoms. The first-order valence-corrected chi connectivity index (χ1v) is 9.50. The molecule has 148 valence electrons. The summed E-state index contributed by atoms with van der Waals surface area (Å²) < 4.78 is 1.54. The van der Waals surface area contributed by atoms with E-state index in [4.69, 9.17) is 0 Å². The zero-order chi connectivity index (χ0) is 20.9. The molecular formula is C24H20N4O2. The molecule has 4 aromatic rings. The van der Waals surface area contributed by atoms with Gasteiger partial charge in [0.25, 0.3) is 11.8 Å². The lowest BCUT2D eigenvalue weighted by molar-refractivity contribution is 0.0988. The molecule has 0 aliphatic heterocycles. The van der Waals surface area contributed by atoms with Crippen molar-refractivity contribution in [3.8, 4) is 5.69 Å². The Balaban J connectivity index is 1.69. The quantitative estimate of drug-likeness (QED) is 0.514. The number of amides is 2. The molecule has 6 heteroatoms. The molecule has 0 aliphatic carbocycles. The Morgan fingerprint density at radius 3 is 1.83 bits per heavy atom. The number of nitrogens with one attached hydrogen (secondary N) is 2. The Morgan fingerprint density at radius 2 is 1.27 bits per heavy atom. The van der Waals surface area contributed by atoms with Crippen LogP contribution in [0.5, 0.6) is 0 Å². The fraction of sp³-hybridized carbons (Fsp3) is 0.0417. The third-order valence-corrected chi connectivity index (χ3v) is 4.54. The first-order chi connectivity index (χ1) is 14.6. The van der Waals surface area contributed by atoms with Gasteiger partial charge in [-0.1, -0.05) is 54.1 Å². The number of nitrogens with zero attached hydrogens (tertiary/aromatic N) is 2. The van der Waals surface area contributed by atoms with Crippen molar-refractivity contribution in [1.29, 1.82) is 0 Å². The summed E-state index contributed by atoms with van der Waals surface area (Å²) in [7, 11) is 0. The SMILES string of the molecule is Cc1ccc(-n2cc(C(=O)Nc3ccccc3)c(C(=O)Nc3ccccc3)n2)cc1. The van der Waals surface area contributed by atoms with Gasteiger partial charge >= 0.3 is 0 Å². The number of aromatic nitrogens is 2. The van der Waals surface area contributed by atoms with E-state index in [1.54, 1.807) is 35.1 Å². The van der Waals surface area contributed by atoms with E-state index >= 15 is 0 Å². The Hall–Kier alpha value is -4.19. The maximum absolute atomic E-state index is 12.9. The predicted molar refractivity (Wildman–Crippen MR) is 117 cm³/mol. The van der Waals surface area contributed by atoms with E-state index in [0.29, 0.717) is 11.4 Å². The van der Waals surface area contributed by atoms with Gasteiger partial charge in [-0.25, -0.2) is 4.68 Å². The molecule has 3 aromatic carbocycles. The zero-order valence-electron chi connectivity index (χ0n) is 16.4. The summed E-state index contributed by atoms with van der Waals surface area (Å²) in [5, 5.41) is 10.0. The molecule has 1 heterocycles. The summed E-state index contributed by atoms with van der Waals surface area (Å²) >= 11 is 0. The molecule has 0 atom stereocenters. The standard InChI is InChI=1S/C24H20N4O2/c1-17-12-14-20(15-13-17)28-16-21(23(29)25-18-8-4-2-5-9-18)22(27-28)24(30)26-19-10-6-3-7-11-19/h2-16H,1H3,(H,25,29)(H,26,30). The normalized spacial score (nSPS) is 10.4. The fourth-order valence-electron chi connectivity index (χ4n) is 2.97. The number of aryl methyl sites for hydroxylation is 1. The minimum atomic E-state index is -0.453. The maximum Gasteiger partial charge on any atom is 0.277 e. The second-order valence-corrected chi connectivity index (χ2v) is 6.81. The number of rotatable bonds is 5. The minimum absolute atomic E-state index is 0.0489. The predicted octanol–water partition coefficient (Wildman–Crippen LogP) is 4.69. The number of hydrogen-bond acceptors (Lipinski definition) is 3. The highest BCUT2D eigenvalue weighted by atomic mass is 16.2. The van der Waals surface area contributed by atoms with Gasteiger partial charge in [0.05, 0.1) is 11.3 Å². The van der Waals surface area contributed by atoms with Gasteiger partial charge in [0.1, 0.15) is 0 Å². The van der Waals surface area contributed by atoms with Gasteiger partial charge < -0.3 is 10.6 Å². The summed E-state index contributed by atoms with van der Waals surface area (Å²) in [6, 6.07) is 25.8. The number of carbonyl (C=O) groups excluding carboxylic acids is 2. The van der Waals surface area contributed by atoms with Gasteiger partial charge in [0.2, 0.25) is 0 Å². The van der Waals surface area contributed by atoms with E-state index in [-0.39, 0.29) is 11.3 Å². The Labute approximate surface area is 174 Å². The summed E-state index contributed by atoms with van der Waals surface area (Å²) in [4.78, 5) is 25.9. The van der Waals surface area contributed by atoms with Crippen LogP contribution < -0.4 is 10.6 Å². The number of benzene rings is 3. The highest BCUT2D eigenvalue weighted by Crippen LogP contribution is 2.17. The highest BCUT2D eigenvalue weighted by Gasteiger charge is 2.23. The lowest BCUT2D eigenvalue weighted by atomic mass is 10.2. The molecule has 1 aromatic heterocycles. The molecule has 2 N–H and O–H groups in total. The van der Waals surface area contributed by atoms with Gasteiger partial charge in [-0.05, 0) is 43.3 Å². The molecule has 30 heavy (non-hydrogen) atoms. The fourth-order valence-corrected chi connectivity index (χ4v) is 2.97. The van der Waals surface area contributed by atoms with Gasteiger partial charge in [-0.3, -0.25) is 9.59 Å². The van der Waals surface area contributed by atoms with Gasteiger partial charge in [0, 0.05) is 17.6 Å². The van der Waals surface area contributed by atoms with Crippen molar-refractivity contribution in [2.45, 2.75) is 6.92 Å². The van der Waals surface area contributed by atoms with E-state index in [9.17, 15) is 9.59 Å². The number of para-hydroxylation sites is 2. The molecule has 0 radical (unpaired) electrons. The van der Waals surface area contributed by atoms with Crippen LogP contribution in [0.2, 0.25) is 0 Å². The van der Waals surface area contributed by atoms with E-state index < -0.39 is 11.8 Å². The van der Waals surface area contributed by atoms with Crippen molar-refractivity contribution in [1.82, 2.24) is 9.78 Å². The van der Waals surface area contributed by atoms with Crippen LogP contribution in [0.25, 0.3) is 5.69 Å². The zero-order valence-corrected chi connectivity index (χ0v) is 16.4. The van der Waals surface area contributed by atoms with Crippen LogP contribution in [0, 0.1) is 6.92 Å². The molecule has 2 amide bonds. The van der Waals surface area contributed by atoms with Crippen LogP contribution in [0.3, 0.4) is 0 Å². The molecule has 0 fully saturated rings. The molecular weight excluding hydrogens is 376 g/mol. The second-order valence-electron chi connectivity index (χ2n) is 6.81. The van der Waals surface area contributed by atoms with Gasteiger partial charge in [0.15, 0.2) is 5.69 Å². The lowest BCUT2D eigenvalue weighted by Crippen LogP contribution is -2.19. The molecule has 0 unspecified atom stereocenters. The van der Waals surface area contributed by atoms with Crippen LogP contribution in [-0.2, 0) is 0 Å². The molecule has 0 aliphatic rings. The van der Waals surface area contributed by atoms with Crippen LogP contribution in [0.4, 0.5) is 11.4 Å². The van der Waals surface area contributed by atoms with E-state index in [2.05, 4.69) is 15.7 Å². The van der Waals surface area contributed by atoms with Gasteiger partial charge in [-0.2, -0.15) is 5.10 Å². The maximum atomic E-state index is 12.9. The van der Waals surface area contributed by atoms with Crippen molar-refractivity contribution in [3.63, 3.8) is 0 Å². The first kappa shape index (κ1) is 19.1. The Bertz CT molecular complexity index is 1100. The van der Waals surface area contributed by atoms with Gasteiger partial charge in [-0.15, -0.1) is 0 Å². The van der Waals surface area contributed by atoms with Crippen molar-refractivity contribution in [3.05, 3.63) is 108 Å². The molecule has 4 rings (SSSR count). The van der Waals surface area contributed by atoms with Crippen molar-refractivity contribution in [2.75, 3.05) is 10.6 Å². The van der Waals surface area contributed by atoms with Crippen LogP contribution >= 0.6 is 0 Å². The topological polar surface area (TPSA) is 76.0 Å². The summed E-state index contributed by atoms with van der Waals surface area (Å²) in [6.45, 7) is 1.99. The minimum Gasteiger partial charge on any atom is -0.322 e. The molecule has 0 saturated carbocycles. The van der Waals surface area contributed by atoms with Crippen molar-refractivity contribution in [2.24, 2.45) is 0 Å². The monoisotopic (exact) mass is 396 g/mol. The highest BCUT2D eigenvalue weighted by molar-refractivity contribution is 6.14. The molecule has 0 saturated heterocycles. The number of hydrogen-bond donors (Lipinski definition) is 2. The second kappa shape index (κ2) is 8.45. The van der Waals surface area contributed by atoms with E-state index in [0.717, 1.165) is 11.3 Å².